The quantitative estimate of drug-likeness (QED) is 0.769. The van der Waals surface area contributed by atoms with Crippen molar-refractivity contribution in [3.05, 3.63) is 54.6 Å². The predicted molar refractivity (Wildman–Crippen MR) is 81.6 cm³/mol. The summed E-state index contributed by atoms with van der Waals surface area (Å²) in [7, 11) is 0. The molecule has 0 amide bonds. The maximum absolute atomic E-state index is 4.47. The topological polar surface area (TPSA) is 42.7 Å². The lowest BCUT2D eigenvalue weighted by molar-refractivity contribution is 0.697. The summed E-state index contributed by atoms with van der Waals surface area (Å²) in [6.45, 7) is 3.99. The molecule has 4 heteroatoms. The average Bonchev–Trinajstić information content (AvgIpc) is 2.89. The summed E-state index contributed by atoms with van der Waals surface area (Å²) in [5.74, 6) is 0. The van der Waals surface area contributed by atoms with Gasteiger partial charge in [-0.25, -0.2) is 4.98 Å². The monoisotopic (exact) mass is 266 g/mol. The third-order valence-electron chi connectivity index (χ3n) is 3.33. The number of benzene rings is 1. The fourth-order valence-corrected chi connectivity index (χ4v) is 2.30. The fraction of sp³-hybridized carbons (Fsp3) is 0.250. The van der Waals surface area contributed by atoms with E-state index in [0.29, 0.717) is 0 Å². The normalized spacial score (nSPS) is 10.8. The van der Waals surface area contributed by atoms with Gasteiger partial charge in [0.2, 0.25) is 0 Å². The minimum absolute atomic E-state index is 0.795. The highest BCUT2D eigenvalue weighted by Gasteiger charge is 2.03. The van der Waals surface area contributed by atoms with E-state index < -0.39 is 0 Å². The zero-order valence-corrected chi connectivity index (χ0v) is 11.6. The summed E-state index contributed by atoms with van der Waals surface area (Å²) in [4.78, 5) is 8.49. The van der Waals surface area contributed by atoms with Crippen LogP contribution in [0.15, 0.2) is 49.1 Å². The molecule has 1 N–H and O–H groups in total. The van der Waals surface area contributed by atoms with Crippen LogP contribution < -0.4 is 5.32 Å². The average molecular weight is 266 g/mol. The van der Waals surface area contributed by atoms with Crippen molar-refractivity contribution < 1.29 is 0 Å². The Labute approximate surface area is 118 Å². The van der Waals surface area contributed by atoms with E-state index in [4.69, 9.17) is 0 Å². The molecule has 0 fully saturated rings. The number of hydrogen-bond donors (Lipinski definition) is 1. The van der Waals surface area contributed by atoms with Crippen molar-refractivity contribution >= 4 is 16.7 Å². The van der Waals surface area contributed by atoms with Crippen LogP contribution in [0.1, 0.15) is 18.9 Å². The van der Waals surface area contributed by atoms with E-state index in [9.17, 15) is 0 Å². The number of imidazole rings is 1. The molecule has 20 heavy (non-hydrogen) atoms. The molecule has 2 aromatic heterocycles. The molecule has 1 aromatic carbocycles. The third-order valence-corrected chi connectivity index (χ3v) is 3.33. The van der Waals surface area contributed by atoms with Gasteiger partial charge in [0.05, 0.1) is 17.4 Å². The molecular formula is C16H18N4. The molecule has 4 nitrogen and oxygen atoms in total. The second-order valence-corrected chi connectivity index (χ2v) is 4.85. The number of nitrogens with one attached hydrogen (secondary N) is 1. The molecular weight excluding hydrogens is 248 g/mol. The van der Waals surface area contributed by atoms with Gasteiger partial charge in [0, 0.05) is 31.2 Å². The number of fused-ring (bicyclic) bond motifs is 1. The molecule has 0 radical (unpaired) electrons. The van der Waals surface area contributed by atoms with Crippen LogP contribution in [0.3, 0.4) is 0 Å². The highest BCUT2D eigenvalue weighted by molar-refractivity contribution is 5.79. The van der Waals surface area contributed by atoms with Crippen LogP contribution in [0.5, 0.6) is 0 Å². The van der Waals surface area contributed by atoms with E-state index in [1.807, 2.05) is 30.9 Å². The van der Waals surface area contributed by atoms with Gasteiger partial charge in [0.1, 0.15) is 0 Å². The Hall–Kier alpha value is -2.36. The fourth-order valence-electron chi connectivity index (χ4n) is 2.30. The molecule has 0 unspecified atom stereocenters. The molecule has 0 aliphatic carbocycles. The van der Waals surface area contributed by atoms with Crippen LogP contribution in [0.2, 0.25) is 0 Å². The second-order valence-electron chi connectivity index (χ2n) is 4.85. The lowest BCUT2D eigenvalue weighted by Crippen LogP contribution is -1.99. The van der Waals surface area contributed by atoms with Crippen molar-refractivity contribution in [3.63, 3.8) is 0 Å². The second kappa shape index (κ2) is 5.74. The van der Waals surface area contributed by atoms with Crippen molar-refractivity contribution in [2.45, 2.75) is 26.4 Å². The SMILES string of the molecule is CCCn1cnc2cc(NCc3ccncc3)ccc21. The maximum atomic E-state index is 4.47. The first kappa shape index (κ1) is 12.7. The highest BCUT2D eigenvalue weighted by Crippen LogP contribution is 2.19. The Balaban J connectivity index is 1.76. The van der Waals surface area contributed by atoms with Gasteiger partial charge in [-0.15, -0.1) is 0 Å². The lowest BCUT2D eigenvalue weighted by Gasteiger charge is -2.07. The first-order chi connectivity index (χ1) is 9.86. The zero-order valence-electron chi connectivity index (χ0n) is 11.6. The molecule has 0 atom stereocenters. The van der Waals surface area contributed by atoms with Gasteiger partial charge in [0.15, 0.2) is 0 Å². The molecule has 0 spiro atoms. The van der Waals surface area contributed by atoms with Crippen LogP contribution in [0.4, 0.5) is 5.69 Å². The number of aryl methyl sites for hydroxylation is 1. The van der Waals surface area contributed by atoms with Gasteiger partial charge in [0.25, 0.3) is 0 Å². The van der Waals surface area contributed by atoms with Crippen LogP contribution in [0.25, 0.3) is 11.0 Å². The van der Waals surface area contributed by atoms with Gasteiger partial charge in [-0.05, 0) is 42.3 Å². The standard InChI is InChI=1S/C16H18N4/c1-2-9-20-12-19-15-10-14(3-4-16(15)20)18-11-13-5-7-17-8-6-13/h3-8,10,12,18H,2,9,11H2,1H3. The molecule has 3 aromatic rings. The molecule has 0 saturated heterocycles. The molecule has 2 heterocycles. The summed E-state index contributed by atoms with van der Waals surface area (Å²) in [6, 6.07) is 10.4. The summed E-state index contributed by atoms with van der Waals surface area (Å²) < 4.78 is 2.20. The van der Waals surface area contributed by atoms with Crippen LogP contribution in [-0.4, -0.2) is 14.5 Å². The lowest BCUT2D eigenvalue weighted by atomic mass is 10.2. The minimum atomic E-state index is 0.795. The summed E-state index contributed by atoms with van der Waals surface area (Å²) in [5, 5.41) is 3.42. The molecule has 0 aliphatic rings. The molecule has 0 bridgehead atoms. The van der Waals surface area contributed by atoms with Crippen molar-refractivity contribution in [1.29, 1.82) is 0 Å². The number of rotatable bonds is 5. The van der Waals surface area contributed by atoms with E-state index in [1.165, 1.54) is 11.1 Å². The largest absolute Gasteiger partial charge is 0.381 e. The van der Waals surface area contributed by atoms with Crippen molar-refractivity contribution in [1.82, 2.24) is 14.5 Å². The van der Waals surface area contributed by atoms with Crippen LogP contribution >= 0.6 is 0 Å². The minimum Gasteiger partial charge on any atom is -0.381 e. The van der Waals surface area contributed by atoms with Gasteiger partial charge < -0.3 is 9.88 Å². The van der Waals surface area contributed by atoms with Crippen LogP contribution in [-0.2, 0) is 13.1 Å². The first-order valence-electron chi connectivity index (χ1n) is 6.94. The Morgan fingerprint density at radius 3 is 2.80 bits per heavy atom. The van der Waals surface area contributed by atoms with Gasteiger partial charge >= 0.3 is 0 Å². The first-order valence-corrected chi connectivity index (χ1v) is 6.94. The highest BCUT2D eigenvalue weighted by atomic mass is 15.0. The van der Waals surface area contributed by atoms with E-state index in [-0.39, 0.29) is 0 Å². The van der Waals surface area contributed by atoms with Gasteiger partial charge in [-0.1, -0.05) is 6.92 Å². The van der Waals surface area contributed by atoms with Crippen molar-refractivity contribution in [2.75, 3.05) is 5.32 Å². The summed E-state index contributed by atoms with van der Waals surface area (Å²) >= 11 is 0. The van der Waals surface area contributed by atoms with E-state index in [2.05, 4.69) is 45.0 Å². The Morgan fingerprint density at radius 2 is 2.00 bits per heavy atom. The van der Waals surface area contributed by atoms with Crippen LogP contribution in [0, 0.1) is 0 Å². The summed E-state index contributed by atoms with van der Waals surface area (Å²) in [5.41, 5.74) is 4.55. The van der Waals surface area contributed by atoms with Crippen molar-refractivity contribution in [3.8, 4) is 0 Å². The predicted octanol–water partition coefficient (Wildman–Crippen LogP) is 3.45. The summed E-state index contributed by atoms with van der Waals surface area (Å²) in [6.07, 6.45) is 6.66. The molecule has 0 saturated carbocycles. The number of pyridine rings is 1. The smallest absolute Gasteiger partial charge is 0.0958 e. The zero-order chi connectivity index (χ0) is 13.8. The Bertz CT molecular complexity index is 688. The van der Waals surface area contributed by atoms with Gasteiger partial charge in [-0.2, -0.15) is 0 Å². The number of anilines is 1. The maximum Gasteiger partial charge on any atom is 0.0958 e. The van der Waals surface area contributed by atoms with Crippen molar-refractivity contribution in [2.24, 2.45) is 0 Å². The Kier molecular flexibility index (Phi) is 3.63. The van der Waals surface area contributed by atoms with E-state index >= 15 is 0 Å². The van der Waals surface area contributed by atoms with E-state index in [1.54, 1.807) is 0 Å². The number of nitrogens with zero attached hydrogens (tertiary/aromatic N) is 3. The molecule has 102 valence electrons. The van der Waals surface area contributed by atoms with E-state index in [0.717, 1.165) is 30.7 Å². The molecule has 3 rings (SSSR count). The third kappa shape index (κ3) is 2.64. The Morgan fingerprint density at radius 1 is 1.15 bits per heavy atom. The van der Waals surface area contributed by atoms with Gasteiger partial charge in [-0.3, -0.25) is 4.98 Å². The molecule has 0 aliphatic heterocycles. The number of aromatic nitrogens is 3. The number of hydrogen-bond acceptors (Lipinski definition) is 3.